The molecule has 0 saturated heterocycles. The summed E-state index contributed by atoms with van der Waals surface area (Å²) in [4.78, 5) is 4.42. The van der Waals surface area contributed by atoms with E-state index < -0.39 is 0 Å². The fraction of sp³-hybridized carbons (Fsp3) is 0.500. The minimum Gasteiger partial charge on any atom is -0.497 e. The SMILES string of the molecule is CCCC(C)(C)n1c(N)nc2ccc(OC)cc21. The van der Waals surface area contributed by atoms with Crippen molar-refractivity contribution < 1.29 is 4.74 Å². The Morgan fingerprint density at radius 3 is 2.72 bits per heavy atom. The molecular weight excluding hydrogens is 226 g/mol. The maximum Gasteiger partial charge on any atom is 0.201 e. The quantitative estimate of drug-likeness (QED) is 0.902. The third-order valence-corrected chi connectivity index (χ3v) is 3.35. The van der Waals surface area contributed by atoms with Gasteiger partial charge in [-0.2, -0.15) is 0 Å². The van der Waals surface area contributed by atoms with E-state index in [1.165, 1.54) is 0 Å². The molecule has 4 heteroatoms. The predicted octanol–water partition coefficient (Wildman–Crippen LogP) is 3.16. The van der Waals surface area contributed by atoms with Gasteiger partial charge in [0, 0.05) is 11.6 Å². The standard InChI is InChI=1S/C14H21N3O/c1-5-8-14(2,3)17-12-9-10(18-4)6-7-11(12)16-13(17)15/h6-7,9H,5,8H2,1-4H3,(H2,15,16). The number of nitrogen functional groups attached to an aromatic ring is 1. The van der Waals surface area contributed by atoms with Crippen LogP contribution in [0.5, 0.6) is 5.75 Å². The number of imidazole rings is 1. The molecule has 98 valence electrons. The summed E-state index contributed by atoms with van der Waals surface area (Å²) in [5.41, 5.74) is 7.98. The molecule has 1 heterocycles. The van der Waals surface area contributed by atoms with E-state index in [2.05, 4.69) is 30.3 Å². The molecule has 0 unspecified atom stereocenters. The minimum absolute atomic E-state index is 0.0417. The molecule has 0 radical (unpaired) electrons. The van der Waals surface area contributed by atoms with Crippen molar-refractivity contribution in [3.8, 4) is 5.75 Å². The number of rotatable bonds is 4. The number of fused-ring (bicyclic) bond motifs is 1. The largest absolute Gasteiger partial charge is 0.497 e. The van der Waals surface area contributed by atoms with Crippen molar-refractivity contribution in [3.63, 3.8) is 0 Å². The average Bonchev–Trinajstić information content (AvgIpc) is 2.64. The van der Waals surface area contributed by atoms with E-state index >= 15 is 0 Å². The van der Waals surface area contributed by atoms with E-state index in [0.717, 1.165) is 29.6 Å². The van der Waals surface area contributed by atoms with E-state index in [4.69, 9.17) is 10.5 Å². The van der Waals surface area contributed by atoms with Gasteiger partial charge in [-0.05, 0) is 32.4 Å². The third-order valence-electron chi connectivity index (χ3n) is 3.35. The lowest BCUT2D eigenvalue weighted by molar-refractivity contribution is 0.337. The molecule has 0 fully saturated rings. The van der Waals surface area contributed by atoms with Crippen LogP contribution in [0.15, 0.2) is 18.2 Å². The molecule has 1 aromatic heterocycles. The molecule has 18 heavy (non-hydrogen) atoms. The summed E-state index contributed by atoms with van der Waals surface area (Å²) in [5.74, 6) is 1.40. The highest BCUT2D eigenvalue weighted by Gasteiger charge is 2.24. The Morgan fingerprint density at radius 1 is 1.39 bits per heavy atom. The normalized spacial score (nSPS) is 12.0. The molecule has 0 aliphatic rings. The molecule has 2 rings (SSSR count). The Kier molecular flexibility index (Phi) is 3.20. The van der Waals surface area contributed by atoms with Gasteiger partial charge < -0.3 is 15.0 Å². The predicted molar refractivity (Wildman–Crippen MR) is 74.9 cm³/mol. The summed E-state index contributed by atoms with van der Waals surface area (Å²) in [7, 11) is 1.67. The number of benzene rings is 1. The average molecular weight is 247 g/mol. The van der Waals surface area contributed by atoms with E-state index in [-0.39, 0.29) is 5.54 Å². The second-order valence-electron chi connectivity index (χ2n) is 5.22. The summed E-state index contributed by atoms with van der Waals surface area (Å²) < 4.78 is 7.38. The highest BCUT2D eigenvalue weighted by Crippen LogP contribution is 2.31. The van der Waals surface area contributed by atoms with Gasteiger partial charge in [0.25, 0.3) is 0 Å². The molecule has 0 atom stereocenters. The van der Waals surface area contributed by atoms with E-state index in [1.807, 2.05) is 18.2 Å². The minimum atomic E-state index is -0.0417. The molecule has 0 bridgehead atoms. The molecular formula is C14H21N3O. The van der Waals surface area contributed by atoms with Crippen LogP contribution >= 0.6 is 0 Å². The Bertz CT molecular complexity index is 557. The van der Waals surface area contributed by atoms with Gasteiger partial charge in [0.1, 0.15) is 5.75 Å². The Balaban J connectivity index is 2.64. The van der Waals surface area contributed by atoms with Gasteiger partial charge in [0.15, 0.2) is 0 Å². The Morgan fingerprint density at radius 2 is 2.11 bits per heavy atom. The van der Waals surface area contributed by atoms with Crippen molar-refractivity contribution in [2.45, 2.75) is 39.2 Å². The molecule has 2 N–H and O–H groups in total. The maximum absolute atomic E-state index is 6.07. The van der Waals surface area contributed by atoms with Gasteiger partial charge >= 0.3 is 0 Å². The molecule has 0 saturated carbocycles. The summed E-state index contributed by atoms with van der Waals surface area (Å²) in [6.07, 6.45) is 2.16. The number of aromatic nitrogens is 2. The summed E-state index contributed by atoms with van der Waals surface area (Å²) in [6.45, 7) is 6.55. The lowest BCUT2D eigenvalue weighted by atomic mass is 9.98. The number of hydrogen-bond acceptors (Lipinski definition) is 3. The smallest absolute Gasteiger partial charge is 0.201 e. The monoisotopic (exact) mass is 247 g/mol. The highest BCUT2D eigenvalue weighted by atomic mass is 16.5. The van der Waals surface area contributed by atoms with Crippen LogP contribution in [0.25, 0.3) is 11.0 Å². The van der Waals surface area contributed by atoms with Gasteiger partial charge in [-0.3, -0.25) is 0 Å². The first-order chi connectivity index (χ1) is 8.49. The lowest BCUT2D eigenvalue weighted by Gasteiger charge is -2.28. The second-order valence-corrected chi connectivity index (χ2v) is 5.22. The van der Waals surface area contributed by atoms with Crippen molar-refractivity contribution in [2.24, 2.45) is 0 Å². The van der Waals surface area contributed by atoms with E-state index in [9.17, 15) is 0 Å². The first-order valence-corrected chi connectivity index (χ1v) is 6.32. The van der Waals surface area contributed by atoms with Crippen molar-refractivity contribution in [2.75, 3.05) is 12.8 Å². The van der Waals surface area contributed by atoms with Crippen LogP contribution in [0.3, 0.4) is 0 Å². The van der Waals surface area contributed by atoms with Crippen LogP contribution in [0.1, 0.15) is 33.6 Å². The molecule has 2 aromatic rings. The summed E-state index contributed by atoms with van der Waals surface area (Å²) in [6, 6.07) is 5.85. The van der Waals surface area contributed by atoms with Crippen molar-refractivity contribution in [1.82, 2.24) is 9.55 Å². The van der Waals surface area contributed by atoms with Crippen molar-refractivity contribution >= 4 is 17.0 Å². The first-order valence-electron chi connectivity index (χ1n) is 6.32. The summed E-state index contributed by atoms with van der Waals surface area (Å²) in [5, 5.41) is 0. The zero-order chi connectivity index (χ0) is 13.3. The number of hydrogen-bond donors (Lipinski definition) is 1. The van der Waals surface area contributed by atoms with Gasteiger partial charge in [-0.25, -0.2) is 4.98 Å². The molecule has 0 aliphatic heterocycles. The second kappa shape index (κ2) is 4.52. The topological polar surface area (TPSA) is 53.1 Å². The first kappa shape index (κ1) is 12.7. The van der Waals surface area contributed by atoms with Crippen LogP contribution in [-0.2, 0) is 5.54 Å². The van der Waals surface area contributed by atoms with Crippen LogP contribution in [0, 0.1) is 0 Å². The lowest BCUT2D eigenvalue weighted by Crippen LogP contribution is -2.27. The van der Waals surface area contributed by atoms with Crippen molar-refractivity contribution in [3.05, 3.63) is 18.2 Å². The van der Waals surface area contributed by atoms with Crippen LogP contribution in [-0.4, -0.2) is 16.7 Å². The Labute approximate surface area is 108 Å². The molecule has 0 amide bonds. The number of methoxy groups -OCH3 is 1. The summed E-state index contributed by atoms with van der Waals surface area (Å²) >= 11 is 0. The molecule has 4 nitrogen and oxygen atoms in total. The molecule has 1 aromatic carbocycles. The number of ether oxygens (including phenoxy) is 1. The van der Waals surface area contributed by atoms with Crippen LogP contribution in [0.4, 0.5) is 5.95 Å². The zero-order valence-electron chi connectivity index (χ0n) is 11.5. The number of nitrogens with two attached hydrogens (primary N) is 1. The third kappa shape index (κ3) is 2.03. The van der Waals surface area contributed by atoms with Crippen LogP contribution < -0.4 is 10.5 Å². The Hall–Kier alpha value is -1.71. The van der Waals surface area contributed by atoms with Gasteiger partial charge in [0.2, 0.25) is 5.95 Å². The maximum atomic E-state index is 6.07. The van der Waals surface area contributed by atoms with E-state index in [0.29, 0.717) is 5.95 Å². The molecule has 0 aliphatic carbocycles. The number of anilines is 1. The van der Waals surface area contributed by atoms with Crippen LogP contribution in [0.2, 0.25) is 0 Å². The van der Waals surface area contributed by atoms with Gasteiger partial charge in [0.05, 0.1) is 18.1 Å². The van der Waals surface area contributed by atoms with Crippen molar-refractivity contribution in [1.29, 1.82) is 0 Å². The van der Waals surface area contributed by atoms with Gasteiger partial charge in [-0.15, -0.1) is 0 Å². The highest BCUT2D eigenvalue weighted by molar-refractivity contribution is 5.80. The number of nitrogens with zero attached hydrogens (tertiary/aromatic N) is 2. The van der Waals surface area contributed by atoms with E-state index in [1.54, 1.807) is 7.11 Å². The fourth-order valence-corrected chi connectivity index (χ4v) is 2.56. The van der Waals surface area contributed by atoms with Gasteiger partial charge in [-0.1, -0.05) is 13.3 Å². The zero-order valence-corrected chi connectivity index (χ0v) is 11.5. The molecule has 0 spiro atoms. The fourth-order valence-electron chi connectivity index (χ4n) is 2.56.